The number of benzene rings is 2. The van der Waals surface area contributed by atoms with Gasteiger partial charge in [0.05, 0.1) is 22.7 Å². The number of aromatic carboxylic acids is 1. The van der Waals surface area contributed by atoms with Crippen LogP contribution in [0.4, 0.5) is 27.6 Å². The Hall–Kier alpha value is -3.99. The summed E-state index contributed by atoms with van der Waals surface area (Å²) in [6.45, 7) is 2.72. The van der Waals surface area contributed by atoms with Gasteiger partial charge in [-0.05, 0) is 56.3 Å². The molecular formula is C25H16ClF5N2O4. The third kappa shape index (κ3) is 4.99. The normalized spacial score (nSPS) is 12.5. The summed E-state index contributed by atoms with van der Waals surface area (Å²) < 4.78 is 74.4. The van der Waals surface area contributed by atoms with Gasteiger partial charge in [0.1, 0.15) is 16.5 Å². The molecule has 0 saturated carbocycles. The minimum Gasteiger partial charge on any atom is -0.476 e. The summed E-state index contributed by atoms with van der Waals surface area (Å²) in [7, 11) is 0. The Balaban J connectivity index is 1.97. The lowest BCUT2D eigenvalue weighted by molar-refractivity contribution is -0.137. The van der Waals surface area contributed by atoms with Gasteiger partial charge >= 0.3 is 12.1 Å². The molecule has 4 aromatic rings. The molecule has 0 amide bonds. The molecule has 192 valence electrons. The lowest BCUT2D eigenvalue weighted by atomic mass is 9.98. The highest BCUT2D eigenvalue weighted by Crippen LogP contribution is 2.37. The van der Waals surface area contributed by atoms with Crippen molar-refractivity contribution in [2.45, 2.75) is 26.1 Å². The number of fused-ring (bicyclic) bond motifs is 1. The Morgan fingerprint density at radius 1 is 1.11 bits per heavy atom. The molecule has 0 aliphatic rings. The van der Waals surface area contributed by atoms with Crippen LogP contribution < -0.4 is 10.7 Å². The number of carboxylic acids is 1. The smallest absolute Gasteiger partial charge is 0.416 e. The van der Waals surface area contributed by atoms with Crippen LogP contribution in [0.5, 0.6) is 0 Å². The van der Waals surface area contributed by atoms with E-state index in [1.54, 1.807) is 0 Å². The SMILES string of the molecule is Cc1c(-c2ccc(F)c(F)c2)oc2c(C(C)Nc3ccc(Cl)nc3C(=O)O)cc(C(F)(F)F)cc2c1=O. The largest absolute Gasteiger partial charge is 0.476 e. The minimum absolute atomic E-state index is 0.00285. The molecule has 37 heavy (non-hydrogen) atoms. The molecule has 6 nitrogen and oxygen atoms in total. The molecule has 2 heterocycles. The molecule has 0 bridgehead atoms. The third-order valence-electron chi connectivity index (χ3n) is 5.66. The van der Waals surface area contributed by atoms with E-state index in [0.29, 0.717) is 6.07 Å². The van der Waals surface area contributed by atoms with Crippen molar-refractivity contribution in [1.82, 2.24) is 4.98 Å². The van der Waals surface area contributed by atoms with Crippen molar-refractivity contribution >= 4 is 34.2 Å². The highest BCUT2D eigenvalue weighted by molar-refractivity contribution is 6.29. The molecule has 0 fully saturated rings. The van der Waals surface area contributed by atoms with E-state index in [-0.39, 0.29) is 38.9 Å². The van der Waals surface area contributed by atoms with Crippen LogP contribution >= 0.6 is 11.6 Å². The van der Waals surface area contributed by atoms with Gasteiger partial charge in [0.25, 0.3) is 0 Å². The lowest BCUT2D eigenvalue weighted by Gasteiger charge is -2.20. The molecule has 2 aromatic carbocycles. The molecule has 1 unspecified atom stereocenters. The topological polar surface area (TPSA) is 92.4 Å². The van der Waals surface area contributed by atoms with Gasteiger partial charge in [0.15, 0.2) is 22.8 Å². The average molecular weight is 539 g/mol. The molecule has 2 N–H and O–H groups in total. The maximum Gasteiger partial charge on any atom is 0.416 e. The second-order valence-corrected chi connectivity index (χ2v) is 8.54. The number of anilines is 1. The maximum atomic E-state index is 13.9. The molecule has 0 aliphatic heterocycles. The Labute approximate surface area is 210 Å². The van der Waals surface area contributed by atoms with Crippen LogP contribution in [0.15, 0.2) is 51.7 Å². The zero-order valence-electron chi connectivity index (χ0n) is 19.0. The van der Waals surface area contributed by atoms with Gasteiger partial charge in [-0.2, -0.15) is 13.2 Å². The summed E-state index contributed by atoms with van der Waals surface area (Å²) >= 11 is 5.77. The lowest BCUT2D eigenvalue weighted by Crippen LogP contribution is -2.16. The van der Waals surface area contributed by atoms with Crippen molar-refractivity contribution < 1.29 is 36.3 Å². The number of halogens is 6. The van der Waals surface area contributed by atoms with Crippen molar-refractivity contribution in [1.29, 1.82) is 0 Å². The Morgan fingerprint density at radius 2 is 1.81 bits per heavy atom. The number of carbonyl (C=O) groups is 1. The number of rotatable bonds is 5. The van der Waals surface area contributed by atoms with Gasteiger partial charge in [0, 0.05) is 16.7 Å². The van der Waals surface area contributed by atoms with Gasteiger partial charge < -0.3 is 14.8 Å². The van der Waals surface area contributed by atoms with E-state index in [1.165, 1.54) is 32.0 Å². The molecule has 1 atom stereocenters. The van der Waals surface area contributed by atoms with Gasteiger partial charge in [-0.15, -0.1) is 0 Å². The number of pyridine rings is 1. The fourth-order valence-electron chi connectivity index (χ4n) is 3.84. The highest BCUT2D eigenvalue weighted by atomic mass is 35.5. The summed E-state index contributed by atoms with van der Waals surface area (Å²) in [5.74, 6) is -3.94. The van der Waals surface area contributed by atoms with Crippen LogP contribution in [-0.4, -0.2) is 16.1 Å². The fourth-order valence-corrected chi connectivity index (χ4v) is 3.99. The first-order valence-corrected chi connectivity index (χ1v) is 11.0. The Morgan fingerprint density at radius 3 is 2.43 bits per heavy atom. The molecule has 0 spiro atoms. The number of hydrogen-bond donors (Lipinski definition) is 2. The summed E-state index contributed by atoms with van der Waals surface area (Å²) in [4.78, 5) is 28.5. The monoisotopic (exact) mass is 538 g/mol. The van der Waals surface area contributed by atoms with Crippen LogP contribution in [0, 0.1) is 18.6 Å². The first kappa shape index (κ1) is 26.1. The van der Waals surface area contributed by atoms with Gasteiger partial charge in [-0.3, -0.25) is 4.79 Å². The van der Waals surface area contributed by atoms with E-state index < -0.39 is 51.9 Å². The zero-order chi connectivity index (χ0) is 27.2. The number of nitrogens with one attached hydrogen (secondary N) is 1. The predicted molar refractivity (Wildman–Crippen MR) is 126 cm³/mol. The van der Waals surface area contributed by atoms with E-state index in [2.05, 4.69) is 10.3 Å². The molecule has 12 heteroatoms. The van der Waals surface area contributed by atoms with E-state index in [1.807, 2.05) is 0 Å². The Kier molecular flexibility index (Phi) is 6.68. The predicted octanol–water partition coefficient (Wildman–Crippen LogP) is 6.99. The zero-order valence-corrected chi connectivity index (χ0v) is 19.8. The third-order valence-corrected chi connectivity index (χ3v) is 5.87. The van der Waals surface area contributed by atoms with Crippen molar-refractivity contribution in [3.63, 3.8) is 0 Å². The van der Waals surface area contributed by atoms with Crippen LogP contribution in [0.2, 0.25) is 5.15 Å². The minimum atomic E-state index is -4.82. The maximum absolute atomic E-state index is 13.9. The molecule has 0 aliphatic carbocycles. The van der Waals surface area contributed by atoms with Crippen molar-refractivity contribution in [3.05, 3.63) is 91.9 Å². The quantitative estimate of drug-likeness (QED) is 0.210. The Bertz CT molecular complexity index is 1620. The molecule has 2 aromatic heterocycles. The second kappa shape index (κ2) is 9.47. The van der Waals surface area contributed by atoms with Crippen LogP contribution in [0.3, 0.4) is 0 Å². The first-order valence-electron chi connectivity index (χ1n) is 10.6. The number of nitrogens with zero attached hydrogens (tertiary/aromatic N) is 1. The van der Waals surface area contributed by atoms with Crippen molar-refractivity contribution in [2.24, 2.45) is 0 Å². The standard InChI is InChI=1S/C25H16ClF5N2O4/c1-10-21(34)15-9-13(25(29,30)31)8-14(11(2)32-18-5-6-19(26)33-20(18)24(35)36)23(15)37-22(10)12-3-4-16(27)17(28)7-12/h3-9,11,32H,1-2H3,(H,35,36). The summed E-state index contributed by atoms with van der Waals surface area (Å²) in [6, 6.07) is 5.73. The molecular weight excluding hydrogens is 523 g/mol. The van der Waals surface area contributed by atoms with E-state index >= 15 is 0 Å². The van der Waals surface area contributed by atoms with E-state index in [9.17, 15) is 36.6 Å². The fraction of sp³-hybridized carbons (Fsp3) is 0.160. The number of alkyl halides is 3. The molecule has 4 rings (SSSR count). The van der Waals surface area contributed by atoms with Crippen LogP contribution in [-0.2, 0) is 6.18 Å². The van der Waals surface area contributed by atoms with Gasteiger partial charge in [-0.25, -0.2) is 18.6 Å². The van der Waals surface area contributed by atoms with Crippen LogP contribution in [0.25, 0.3) is 22.3 Å². The molecule has 0 saturated heterocycles. The number of aromatic nitrogens is 1. The molecule has 0 radical (unpaired) electrons. The highest BCUT2D eigenvalue weighted by Gasteiger charge is 2.33. The number of hydrogen-bond acceptors (Lipinski definition) is 5. The summed E-state index contributed by atoms with van der Waals surface area (Å²) in [6.07, 6.45) is -4.82. The van der Waals surface area contributed by atoms with E-state index in [4.69, 9.17) is 16.0 Å². The van der Waals surface area contributed by atoms with E-state index in [0.717, 1.165) is 18.2 Å². The van der Waals surface area contributed by atoms with Crippen molar-refractivity contribution in [3.8, 4) is 11.3 Å². The van der Waals surface area contributed by atoms with Crippen molar-refractivity contribution in [2.75, 3.05) is 5.32 Å². The van der Waals surface area contributed by atoms with Gasteiger partial charge in [-0.1, -0.05) is 11.6 Å². The summed E-state index contributed by atoms with van der Waals surface area (Å²) in [5.41, 5.74) is -2.97. The van der Waals surface area contributed by atoms with Crippen LogP contribution in [0.1, 0.15) is 40.1 Å². The summed E-state index contributed by atoms with van der Waals surface area (Å²) in [5, 5.41) is 11.7. The average Bonchev–Trinajstić information content (AvgIpc) is 2.82. The second-order valence-electron chi connectivity index (χ2n) is 8.16. The number of carboxylic acid groups (broad SMARTS) is 1. The van der Waals surface area contributed by atoms with Gasteiger partial charge in [0.2, 0.25) is 0 Å². The first-order chi connectivity index (χ1) is 17.3.